The summed E-state index contributed by atoms with van der Waals surface area (Å²) in [6.45, 7) is 6.52. The molecule has 2 aliphatic rings. The molecule has 4 nitrogen and oxygen atoms in total. The molecule has 1 unspecified atom stereocenters. The van der Waals surface area contributed by atoms with Crippen molar-refractivity contribution in [1.29, 1.82) is 0 Å². The molecule has 1 atom stereocenters. The van der Waals surface area contributed by atoms with Crippen molar-refractivity contribution in [3.05, 3.63) is 29.3 Å². The van der Waals surface area contributed by atoms with E-state index < -0.39 is 0 Å². The zero-order valence-electron chi connectivity index (χ0n) is 13.2. The first kappa shape index (κ1) is 15.4. The monoisotopic (exact) mass is 318 g/mol. The molecule has 2 heterocycles. The maximum atomic E-state index is 12.8. The van der Waals surface area contributed by atoms with E-state index in [0.717, 1.165) is 25.9 Å². The van der Waals surface area contributed by atoms with E-state index in [0.29, 0.717) is 13.1 Å². The molecule has 0 spiro atoms. The van der Waals surface area contributed by atoms with Crippen LogP contribution >= 0.6 is 11.8 Å². The average molecular weight is 318 g/mol. The van der Waals surface area contributed by atoms with Crippen LogP contribution in [0.25, 0.3) is 0 Å². The number of carbonyl (C=O) groups is 2. The molecule has 1 aromatic carbocycles. The van der Waals surface area contributed by atoms with Gasteiger partial charge in [-0.2, -0.15) is 0 Å². The van der Waals surface area contributed by atoms with Gasteiger partial charge in [0.05, 0.1) is 5.25 Å². The molecule has 5 heteroatoms. The van der Waals surface area contributed by atoms with Crippen LogP contribution in [0.2, 0.25) is 0 Å². The Kier molecular flexibility index (Phi) is 4.43. The van der Waals surface area contributed by atoms with Crippen LogP contribution in [0.1, 0.15) is 24.5 Å². The number of carbonyl (C=O) groups excluding carboxylic acids is 2. The minimum Gasteiger partial charge on any atom is -0.341 e. The largest absolute Gasteiger partial charge is 0.341 e. The van der Waals surface area contributed by atoms with E-state index in [1.807, 2.05) is 9.80 Å². The molecule has 22 heavy (non-hydrogen) atoms. The molecule has 0 aliphatic carbocycles. The first-order valence-electron chi connectivity index (χ1n) is 7.85. The van der Waals surface area contributed by atoms with Crippen LogP contribution in [0.4, 0.5) is 0 Å². The Morgan fingerprint density at radius 2 is 1.86 bits per heavy atom. The predicted octanol–water partition coefficient (Wildman–Crippen LogP) is 2.09. The Balaban J connectivity index is 1.64. The quantitative estimate of drug-likeness (QED) is 0.796. The van der Waals surface area contributed by atoms with Gasteiger partial charge in [-0.1, -0.05) is 17.7 Å². The third-order valence-electron chi connectivity index (χ3n) is 4.43. The van der Waals surface area contributed by atoms with Crippen LogP contribution in [-0.2, 0) is 16.0 Å². The number of hydrogen-bond donors (Lipinski definition) is 0. The van der Waals surface area contributed by atoms with Crippen molar-refractivity contribution in [3.8, 4) is 0 Å². The van der Waals surface area contributed by atoms with Gasteiger partial charge in [-0.25, -0.2) is 0 Å². The molecule has 1 aromatic rings. The highest BCUT2D eigenvalue weighted by Crippen LogP contribution is 2.38. The number of thioether (sulfide) groups is 1. The first-order chi connectivity index (χ1) is 10.5. The maximum Gasteiger partial charge on any atom is 0.236 e. The van der Waals surface area contributed by atoms with Gasteiger partial charge in [0, 0.05) is 38.0 Å². The number of hydrogen-bond acceptors (Lipinski definition) is 3. The molecule has 2 aliphatic heterocycles. The van der Waals surface area contributed by atoms with Crippen molar-refractivity contribution in [2.75, 3.05) is 26.2 Å². The van der Waals surface area contributed by atoms with Crippen LogP contribution in [0, 0.1) is 6.92 Å². The number of fused-ring (bicyclic) bond motifs is 1. The molecule has 0 radical (unpaired) electrons. The Hall–Kier alpha value is -1.49. The third-order valence-corrected chi connectivity index (χ3v) is 5.71. The third kappa shape index (κ3) is 3.14. The number of aryl methyl sites for hydroxylation is 1. The van der Waals surface area contributed by atoms with Gasteiger partial charge in [-0.15, -0.1) is 11.8 Å². The molecule has 0 N–H and O–H groups in total. The van der Waals surface area contributed by atoms with E-state index in [1.54, 1.807) is 18.7 Å². The standard InChI is InChI=1S/C17H22N2O2S/c1-12-4-5-14-11-16(22-15(14)10-12)17(21)19-7-3-6-18(8-9-19)13(2)20/h4-5,10,16H,3,6-9,11H2,1-2H3. The lowest BCUT2D eigenvalue weighted by molar-refractivity contribution is -0.132. The van der Waals surface area contributed by atoms with E-state index in [2.05, 4.69) is 25.1 Å². The van der Waals surface area contributed by atoms with Crippen molar-refractivity contribution < 1.29 is 9.59 Å². The van der Waals surface area contributed by atoms with Gasteiger partial charge in [-0.05, 0) is 31.4 Å². The van der Waals surface area contributed by atoms with Crippen molar-refractivity contribution in [2.45, 2.75) is 36.8 Å². The van der Waals surface area contributed by atoms with Crippen molar-refractivity contribution >= 4 is 23.6 Å². The lowest BCUT2D eigenvalue weighted by atomic mass is 10.1. The summed E-state index contributed by atoms with van der Waals surface area (Å²) in [4.78, 5) is 29.3. The summed E-state index contributed by atoms with van der Waals surface area (Å²) in [5.41, 5.74) is 2.53. The molecule has 1 fully saturated rings. The Bertz CT molecular complexity index is 602. The van der Waals surface area contributed by atoms with Gasteiger partial charge >= 0.3 is 0 Å². The van der Waals surface area contributed by atoms with Gasteiger partial charge < -0.3 is 9.80 Å². The summed E-state index contributed by atoms with van der Waals surface area (Å²) in [5, 5.41) is 0.000628. The minimum atomic E-state index is 0.000628. The predicted molar refractivity (Wildman–Crippen MR) is 88.0 cm³/mol. The van der Waals surface area contributed by atoms with Crippen molar-refractivity contribution in [3.63, 3.8) is 0 Å². The minimum absolute atomic E-state index is 0.000628. The normalized spacial score (nSPS) is 21.5. The summed E-state index contributed by atoms with van der Waals surface area (Å²) >= 11 is 1.69. The average Bonchev–Trinajstić information content (AvgIpc) is 2.74. The summed E-state index contributed by atoms with van der Waals surface area (Å²) < 4.78 is 0. The van der Waals surface area contributed by atoms with Gasteiger partial charge in [-0.3, -0.25) is 9.59 Å². The zero-order chi connectivity index (χ0) is 15.7. The van der Waals surface area contributed by atoms with E-state index in [9.17, 15) is 9.59 Å². The summed E-state index contributed by atoms with van der Waals surface area (Å²) in [6.07, 6.45) is 1.70. The molecule has 118 valence electrons. The topological polar surface area (TPSA) is 40.6 Å². The molecule has 1 saturated heterocycles. The van der Waals surface area contributed by atoms with Crippen LogP contribution < -0.4 is 0 Å². The fourth-order valence-electron chi connectivity index (χ4n) is 3.13. The Labute approximate surface area is 135 Å². The first-order valence-corrected chi connectivity index (χ1v) is 8.73. The second kappa shape index (κ2) is 6.32. The van der Waals surface area contributed by atoms with E-state index in [1.165, 1.54) is 16.0 Å². The smallest absolute Gasteiger partial charge is 0.236 e. The molecule has 0 saturated carbocycles. The van der Waals surface area contributed by atoms with E-state index >= 15 is 0 Å². The number of nitrogens with zero attached hydrogens (tertiary/aromatic N) is 2. The van der Waals surface area contributed by atoms with Crippen LogP contribution in [0.3, 0.4) is 0 Å². The van der Waals surface area contributed by atoms with Crippen LogP contribution in [-0.4, -0.2) is 53.0 Å². The fraction of sp³-hybridized carbons (Fsp3) is 0.529. The Morgan fingerprint density at radius 3 is 2.64 bits per heavy atom. The molecule has 0 bridgehead atoms. The lowest BCUT2D eigenvalue weighted by Crippen LogP contribution is -2.40. The number of benzene rings is 1. The summed E-state index contributed by atoms with van der Waals surface area (Å²) in [7, 11) is 0. The van der Waals surface area contributed by atoms with Gasteiger partial charge in [0.2, 0.25) is 11.8 Å². The second-order valence-electron chi connectivity index (χ2n) is 6.11. The highest BCUT2D eigenvalue weighted by molar-refractivity contribution is 8.01. The summed E-state index contributed by atoms with van der Waals surface area (Å²) in [6, 6.07) is 6.43. The highest BCUT2D eigenvalue weighted by atomic mass is 32.2. The molecule has 2 amide bonds. The van der Waals surface area contributed by atoms with Gasteiger partial charge in [0.1, 0.15) is 0 Å². The molecular weight excluding hydrogens is 296 g/mol. The Morgan fingerprint density at radius 1 is 1.14 bits per heavy atom. The van der Waals surface area contributed by atoms with Crippen molar-refractivity contribution in [2.24, 2.45) is 0 Å². The highest BCUT2D eigenvalue weighted by Gasteiger charge is 2.32. The lowest BCUT2D eigenvalue weighted by Gasteiger charge is -2.23. The van der Waals surface area contributed by atoms with Crippen LogP contribution in [0.5, 0.6) is 0 Å². The number of amides is 2. The van der Waals surface area contributed by atoms with Gasteiger partial charge in [0.25, 0.3) is 0 Å². The maximum absolute atomic E-state index is 12.8. The van der Waals surface area contributed by atoms with E-state index in [4.69, 9.17) is 0 Å². The van der Waals surface area contributed by atoms with Gasteiger partial charge in [0.15, 0.2) is 0 Å². The zero-order valence-corrected chi connectivity index (χ0v) is 14.0. The molecule has 3 rings (SSSR count). The fourth-order valence-corrected chi connectivity index (χ4v) is 4.50. The van der Waals surface area contributed by atoms with E-state index in [-0.39, 0.29) is 17.1 Å². The molecule has 0 aromatic heterocycles. The SMILES string of the molecule is CC(=O)N1CCCN(C(=O)C2Cc3ccc(C)cc3S2)CC1. The second-order valence-corrected chi connectivity index (χ2v) is 7.35. The van der Waals surface area contributed by atoms with Crippen molar-refractivity contribution in [1.82, 2.24) is 9.80 Å². The summed E-state index contributed by atoms with van der Waals surface area (Å²) in [5.74, 6) is 0.330. The number of rotatable bonds is 1. The molecular formula is C17H22N2O2S. The van der Waals surface area contributed by atoms with Crippen LogP contribution in [0.15, 0.2) is 23.1 Å².